The minimum absolute atomic E-state index is 0.0311. The quantitative estimate of drug-likeness (QED) is 0.822. The van der Waals surface area contributed by atoms with Gasteiger partial charge in [-0.05, 0) is 29.3 Å². The van der Waals surface area contributed by atoms with Gasteiger partial charge >= 0.3 is 0 Å². The Bertz CT molecular complexity index is 690. The molecule has 3 nitrogen and oxygen atoms in total. The van der Waals surface area contributed by atoms with Crippen molar-refractivity contribution in [3.8, 4) is 0 Å². The van der Waals surface area contributed by atoms with Crippen LogP contribution in [-0.2, 0) is 9.16 Å². The fourth-order valence-electron chi connectivity index (χ4n) is 4.04. The van der Waals surface area contributed by atoms with Crippen molar-refractivity contribution in [2.24, 2.45) is 0 Å². The summed E-state index contributed by atoms with van der Waals surface area (Å²) in [6.07, 6.45) is 0. The predicted molar refractivity (Wildman–Crippen MR) is 115 cm³/mol. The highest BCUT2D eigenvalue weighted by Gasteiger charge is 2.53. The van der Waals surface area contributed by atoms with Gasteiger partial charge in [0.05, 0.1) is 18.8 Å². The van der Waals surface area contributed by atoms with Crippen LogP contribution in [0.15, 0.2) is 60.7 Å². The first-order valence-electron chi connectivity index (χ1n) is 9.89. The van der Waals surface area contributed by atoms with Crippen molar-refractivity contribution in [2.75, 3.05) is 19.8 Å². The summed E-state index contributed by atoms with van der Waals surface area (Å²) >= 11 is 0. The van der Waals surface area contributed by atoms with E-state index in [1.807, 2.05) is 0 Å². The summed E-state index contributed by atoms with van der Waals surface area (Å²) in [4.78, 5) is 0. The van der Waals surface area contributed by atoms with Gasteiger partial charge in [0.15, 0.2) is 0 Å². The Morgan fingerprint density at radius 1 is 1.00 bits per heavy atom. The summed E-state index contributed by atoms with van der Waals surface area (Å²) in [5.74, 6) is 0. The predicted octanol–water partition coefficient (Wildman–Crippen LogP) is 3.33. The summed E-state index contributed by atoms with van der Waals surface area (Å²) in [6.45, 7) is 13.4. The van der Waals surface area contributed by atoms with E-state index in [0.29, 0.717) is 12.6 Å². The summed E-state index contributed by atoms with van der Waals surface area (Å²) in [5, 5.41) is 6.17. The van der Waals surface area contributed by atoms with Crippen LogP contribution in [0.5, 0.6) is 0 Å². The lowest BCUT2D eigenvalue weighted by Crippen LogP contribution is -2.70. The zero-order valence-electron chi connectivity index (χ0n) is 17.3. The van der Waals surface area contributed by atoms with Crippen LogP contribution >= 0.6 is 0 Å². The molecule has 3 rings (SSSR count). The average Bonchev–Trinajstić information content (AvgIpc) is 2.81. The van der Waals surface area contributed by atoms with Gasteiger partial charge in [-0.3, -0.25) is 0 Å². The van der Waals surface area contributed by atoms with Gasteiger partial charge < -0.3 is 14.5 Å². The molecule has 1 heterocycles. The van der Waals surface area contributed by atoms with Crippen LogP contribution in [0.4, 0.5) is 0 Å². The Kier molecular flexibility index (Phi) is 5.92. The van der Waals surface area contributed by atoms with Crippen molar-refractivity contribution in [3.63, 3.8) is 0 Å². The molecule has 0 aromatic heterocycles. The molecule has 0 aliphatic carbocycles. The maximum Gasteiger partial charge on any atom is 0.261 e. The van der Waals surface area contributed by atoms with Gasteiger partial charge in [0.2, 0.25) is 0 Å². The fourth-order valence-corrected chi connectivity index (χ4v) is 8.84. The summed E-state index contributed by atoms with van der Waals surface area (Å²) in [5.41, 5.74) is -0.379. The smallest absolute Gasteiger partial charge is 0.261 e. The Morgan fingerprint density at radius 3 is 2.00 bits per heavy atom. The van der Waals surface area contributed by atoms with E-state index in [1.54, 1.807) is 0 Å². The van der Waals surface area contributed by atoms with Gasteiger partial charge in [-0.2, -0.15) is 0 Å². The number of nitrogens with one attached hydrogen (secondary N) is 1. The standard InChI is InChI=1S/C23H33NO2Si/c1-19-16-25-18-23(5,17-24-19)26-27(22(2,3)4,20-12-8-6-9-13-20)21-14-10-7-11-15-21/h6-15,19,24H,16-18H2,1-5H3. The van der Waals surface area contributed by atoms with Crippen LogP contribution in [0.3, 0.4) is 0 Å². The van der Waals surface area contributed by atoms with E-state index < -0.39 is 8.32 Å². The molecule has 1 aliphatic rings. The number of hydrogen-bond donors (Lipinski definition) is 1. The van der Waals surface area contributed by atoms with Crippen molar-refractivity contribution in [1.29, 1.82) is 0 Å². The molecule has 0 bridgehead atoms. The molecule has 0 amide bonds. The minimum atomic E-state index is -2.57. The molecule has 1 fully saturated rings. The normalized spacial score (nSPS) is 24.4. The second-order valence-corrected chi connectivity index (χ2v) is 13.2. The van der Waals surface area contributed by atoms with E-state index in [9.17, 15) is 0 Å². The van der Waals surface area contributed by atoms with Crippen LogP contribution in [0.2, 0.25) is 5.04 Å². The summed E-state index contributed by atoms with van der Waals surface area (Å²) < 4.78 is 13.3. The Hall–Kier alpha value is -1.46. The van der Waals surface area contributed by atoms with E-state index in [2.05, 4.69) is 101 Å². The third-order valence-corrected chi connectivity index (χ3v) is 10.6. The number of hydrogen-bond acceptors (Lipinski definition) is 3. The van der Waals surface area contributed by atoms with Crippen LogP contribution < -0.4 is 15.7 Å². The van der Waals surface area contributed by atoms with Crippen LogP contribution in [0.25, 0.3) is 0 Å². The number of ether oxygens (including phenoxy) is 1. The molecule has 2 atom stereocenters. The topological polar surface area (TPSA) is 30.5 Å². The largest absolute Gasteiger partial charge is 0.399 e. The van der Waals surface area contributed by atoms with E-state index in [-0.39, 0.29) is 10.6 Å². The van der Waals surface area contributed by atoms with Crippen molar-refractivity contribution in [2.45, 2.75) is 51.3 Å². The fraction of sp³-hybridized carbons (Fsp3) is 0.478. The Balaban J connectivity index is 2.15. The lowest BCUT2D eigenvalue weighted by Gasteiger charge is -2.48. The molecule has 1 aliphatic heterocycles. The molecule has 1 saturated heterocycles. The van der Waals surface area contributed by atoms with Crippen LogP contribution in [-0.4, -0.2) is 39.7 Å². The van der Waals surface area contributed by atoms with Crippen molar-refractivity contribution in [3.05, 3.63) is 60.7 Å². The molecule has 2 unspecified atom stereocenters. The molecule has 27 heavy (non-hydrogen) atoms. The van der Waals surface area contributed by atoms with Gasteiger partial charge in [-0.15, -0.1) is 0 Å². The first kappa shape index (κ1) is 20.3. The molecular formula is C23H33NO2Si. The Labute approximate surface area is 165 Å². The molecule has 146 valence electrons. The SMILES string of the molecule is CC1COCC(C)(O[Si](c2ccccc2)(c2ccccc2)C(C)(C)C)CN1. The van der Waals surface area contributed by atoms with E-state index in [1.165, 1.54) is 10.4 Å². The Morgan fingerprint density at radius 2 is 1.52 bits per heavy atom. The lowest BCUT2D eigenvalue weighted by molar-refractivity contribution is -0.00294. The van der Waals surface area contributed by atoms with Crippen molar-refractivity contribution in [1.82, 2.24) is 5.32 Å². The second kappa shape index (κ2) is 7.88. The summed E-state index contributed by atoms with van der Waals surface area (Å²) in [7, 11) is -2.57. The maximum atomic E-state index is 7.28. The van der Waals surface area contributed by atoms with E-state index >= 15 is 0 Å². The third-order valence-electron chi connectivity index (χ3n) is 5.42. The van der Waals surface area contributed by atoms with Gasteiger partial charge in [-0.25, -0.2) is 0 Å². The number of benzene rings is 2. The lowest BCUT2D eigenvalue weighted by atomic mass is 10.1. The number of rotatable bonds is 4. The molecule has 2 aromatic rings. The van der Waals surface area contributed by atoms with Gasteiger partial charge in [0.25, 0.3) is 8.32 Å². The average molecular weight is 384 g/mol. The van der Waals surface area contributed by atoms with Crippen molar-refractivity contribution >= 4 is 18.7 Å². The van der Waals surface area contributed by atoms with Crippen LogP contribution in [0, 0.1) is 0 Å². The maximum absolute atomic E-state index is 7.28. The minimum Gasteiger partial charge on any atom is -0.399 e. The first-order chi connectivity index (χ1) is 12.8. The monoisotopic (exact) mass is 383 g/mol. The van der Waals surface area contributed by atoms with E-state index in [0.717, 1.165) is 13.2 Å². The highest BCUT2D eigenvalue weighted by molar-refractivity contribution is 6.99. The highest BCUT2D eigenvalue weighted by atomic mass is 28.4. The molecule has 4 heteroatoms. The van der Waals surface area contributed by atoms with Crippen molar-refractivity contribution < 1.29 is 9.16 Å². The van der Waals surface area contributed by atoms with Gasteiger partial charge in [0.1, 0.15) is 0 Å². The zero-order valence-corrected chi connectivity index (χ0v) is 18.3. The summed E-state index contributed by atoms with van der Waals surface area (Å²) in [6, 6.07) is 22.0. The molecule has 0 spiro atoms. The van der Waals surface area contributed by atoms with Gasteiger partial charge in [0, 0.05) is 12.6 Å². The first-order valence-corrected chi connectivity index (χ1v) is 11.8. The molecule has 0 radical (unpaired) electrons. The zero-order chi connectivity index (χ0) is 19.5. The van der Waals surface area contributed by atoms with Crippen LogP contribution in [0.1, 0.15) is 34.6 Å². The molecule has 1 N–H and O–H groups in total. The third kappa shape index (κ3) is 4.19. The van der Waals surface area contributed by atoms with E-state index in [4.69, 9.17) is 9.16 Å². The molecule has 2 aromatic carbocycles. The van der Waals surface area contributed by atoms with Gasteiger partial charge in [-0.1, -0.05) is 81.4 Å². The molecular weight excluding hydrogens is 350 g/mol. The highest BCUT2D eigenvalue weighted by Crippen LogP contribution is 2.39. The second-order valence-electron chi connectivity index (χ2n) is 9.01. The molecule has 0 saturated carbocycles.